The Kier molecular flexibility index (Phi) is 7.86. The topological polar surface area (TPSA) is 62.2 Å². The lowest BCUT2D eigenvalue weighted by Gasteiger charge is -2.06. The maximum Gasteiger partial charge on any atom is 0.251 e. The summed E-state index contributed by atoms with van der Waals surface area (Å²) in [6.45, 7) is 2.79. The number of hydrogen-bond donors (Lipinski definition) is 2. The lowest BCUT2D eigenvalue weighted by molar-refractivity contribution is 0.0956. The quantitative estimate of drug-likeness (QED) is 0.570. The van der Waals surface area contributed by atoms with Crippen molar-refractivity contribution >= 4 is 29.3 Å². The van der Waals surface area contributed by atoms with E-state index in [-0.39, 0.29) is 12.5 Å². The molecule has 0 radical (unpaired) electrons. The zero-order chi connectivity index (χ0) is 14.1. The molecule has 1 heterocycles. The highest BCUT2D eigenvalue weighted by molar-refractivity contribution is 7.99. The van der Waals surface area contributed by atoms with Gasteiger partial charge in [0.15, 0.2) is 0 Å². The number of aliphatic hydroxyl groups is 1. The number of thioether (sulfide) groups is 1. The van der Waals surface area contributed by atoms with Gasteiger partial charge in [-0.15, -0.1) is 0 Å². The fraction of sp³-hybridized carbons (Fsp3) is 0.538. The molecule has 0 saturated heterocycles. The van der Waals surface area contributed by atoms with Crippen LogP contribution < -0.4 is 5.32 Å². The summed E-state index contributed by atoms with van der Waals surface area (Å²) in [5.74, 6) is 1.63. The van der Waals surface area contributed by atoms with Crippen LogP contribution in [0.3, 0.4) is 0 Å². The van der Waals surface area contributed by atoms with Crippen LogP contribution in [0.2, 0.25) is 5.15 Å². The van der Waals surface area contributed by atoms with Gasteiger partial charge in [-0.2, -0.15) is 11.8 Å². The van der Waals surface area contributed by atoms with Crippen molar-refractivity contribution in [1.29, 1.82) is 0 Å². The zero-order valence-electron chi connectivity index (χ0n) is 11.0. The lowest BCUT2D eigenvalue weighted by Crippen LogP contribution is -2.26. The third-order valence-corrected chi connectivity index (χ3v) is 3.71. The molecule has 6 heteroatoms. The summed E-state index contributed by atoms with van der Waals surface area (Å²) >= 11 is 7.59. The third-order valence-electron chi connectivity index (χ3n) is 2.45. The van der Waals surface area contributed by atoms with Gasteiger partial charge in [-0.05, 0) is 30.7 Å². The summed E-state index contributed by atoms with van der Waals surface area (Å²) in [6, 6.07) is 3.34. The van der Waals surface area contributed by atoms with E-state index in [0.717, 1.165) is 30.0 Å². The highest BCUT2D eigenvalue weighted by atomic mass is 35.5. The number of amides is 1. The molecule has 0 saturated carbocycles. The van der Waals surface area contributed by atoms with Crippen LogP contribution in [0, 0.1) is 0 Å². The highest BCUT2D eigenvalue weighted by Crippen LogP contribution is 2.11. The van der Waals surface area contributed by atoms with Crippen LogP contribution in [-0.4, -0.2) is 40.7 Å². The third kappa shape index (κ3) is 6.27. The lowest BCUT2D eigenvalue weighted by atomic mass is 10.2. The highest BCUT2D eigenvalue weighted by Gasteiger charge is 2.08. The van der Waals surface area contributed by atoms with E-state index in [4.69, 9.17) is 16.7 Å². The average Bonchev–Trinajstić information content (AvgIpc) is 2.41. The van der Waals surface area contributed by atoms with Crippen LogP contribution in [0.1, 0.15) is 29.4 Å². The normalized spacial score (nSPS) is 10.5. The number of aryl methyl sites for hydroxylation is 1. The Morgan fingerprint density at radius 1 is 1.47 bits per heavy atom. The molecule has 106 valence electrons. The number of nitrogens with one attached hydrogen (secondary N) is 1. The number of nitrogens with zero attached hydrogens (tertiary/aromatic N) is 1. The maximum absolute atomic E-state index is 11.9. The fourth-order valence-corrected chi connectivity index (χ4v) is 2.48. The standard InChI is InChI=1S/C13H19ClN2O2S/c1-2-11-8-10(9-12(14)16-11)13(18)15-4-7-19-6-3-5-17/h8-9,17H,2-7H2,1H3,(H,15,18). The molecule has 0 bridgehead atoms. The van der Waals surface area contributed by atoms with Crippen molar-refractivity contribution < 1.29 is 9.90 Å². The maximum atomic E-state index is 11.9. The molecule has 0 aliphatic heterocycles. The summed E-state index contributed by atoms with van der Waals surface area (Å²) in [5, 5.41) is 11.8. The van der Waals surface area contributed by atoms with Gasteiger partial charge in [0.2, 0.25) is 0 Å². The Hall–Kier alpha value is -0.780. The predicted molar refractivity (Wildman–Crippen MR) is 80.0 cm³/mol. The van der Waals surface area contributed by atoms with Crippen molar-refractivity contribution in [3.63, 3.8) is 0 Å². The van der Waals surface area contributed by atoms with Gasteiger partial charge in [0.05, 0.1) is 0 Å². The Labute approximate surface area is 123 Å². The van der Waals surface area contributed by atoms with E-state index in [1.807, 2.05) is 6.92 Å². The molecular weight excluding hydrogens is 284 g/mol. The van der Waals surface area contributed by atoms with Crippen LogP contribution >= 0.6 is 23.4 Å². The first-order chi connectivity index (χ1) is 9.17. The molecule has 19 heavy (non-hydrogen) atoms. The van der Waals surface area contributed by atoms with Gasteiger partial charge in [-0.3, -0.25) is 4.79 Å². The molecule has 1 aromatic heterocycles. The summed E-state index contributed by atoms with van der Waals surface area (Å²) in [5.41, 5.74) is 1.37. The number of aromatic nitrogens is 1. The van der Waals surface area contributed by atoms with Gasteiger partial charge in [-0.1, -0.05) is 18.5 Å². The van der Waals surface area contributed by atoms with Gasteiger partial charge in [0.25, 0.3) is 5.91 Å². The molecule has 0 atom stereocenters. The van der Waals surface area contributed by atoms with Crippen LogP contribution in [0.15, 0.2) is 12.1 Å². The Bertz CT molecular complexity index is 416. The first-order valence-electron chi connectivity index (χ1n) is 6.30. The van der Waals surface area contributed by atoms with Crippen molar-refractivity contribution in [3.8, 4) is 0 Å². The second-order valence-corrected chi connectivity index (χ2v) is 5.58. The Morgan fingerprint density at radius 2 is 2.26 bits per heavy atom. The molecule has 1 amide bonds. The van der Waals surface area contributed by atoms with Crippen molar-refractivity contribution in [3.05, 3.63) is 28.5 Å². The minimum atomic E-state index is -0.123. The molecule has 2 N–H and O–H groups in total. The van der Waals surface area contributed by atoms with Gasteiger partial charge in [0, 0.05) is 30.2 Å². The summed E-state index contributed by atoms with van der Waals surface area (Å²) < 4.78 is 0. The first-order valence-corrected chi connectivity index (χ1v) is 7.84. The number of pyridine rings is 1. The van der Waals surface area contributed by atoms with Crippen LogP contribution in [-0.2, 0) is 6.42 Å². The minimum Gasteiger partial charge on any atom is -0.396 e. The minimum absolute atomic E-state index is 0.123. The number of carbonyl (C=O) groups excluding carboxylic acids is 1. The van der Waals surface area contributed by atoms with Gasteiger partial charge in [0.1, 0.15) is 5.15 Å². The van der Waals surface area contributed by atoms with Gasteiger partial charge >= 0.3 is 0 Å². The largest absolute Gasteiger partial charge is 0.396 e. The van der Waals surface area contributed by atoms with E-state index in [0.29, 0.717) is 17.3 Å². The van der Waals surface area contributed by atoms with E-state index in [2.05, 4.69) is 10.3 Å². The summed E-state index contributed by atoms with van der Waals surface area (Å²) in [7, 11) is 0. The molecule has 1 rings (SSSR count). The van der Waals surface area contributed by atoms with Crippen LogP contribution in [0.5, 0.6) is 0 Å². The smallest absolute Gasteiger partial charge is 0.251 e. The second kappa shape index (κ2) is 9.18. The molecule has 0 fully saturated rings. The predicted octanol–water partition coefficient (Wildman–Crippen LogP) is 2.14. The van der Waals surface area contributed by atoms with Crippen LogP contribution in [0.4, 0.5) is 0 Å². The summed E-state index contributed by atoms with van der Waals surface area (Å²) in [4.78, 5) is 16.0. The van der Waals surface area contributed by atoms with E-state index in [1.165, 1.54) is 0 Å². The molecule has 0 aliphatic carbocycles. The van der Waals surface area contributed by atoms with Gasteiger partial charge in [-0.25, -0.2) is 4.98 Å². The number of hydrogen-bond acceptors (Lipinski definition) is 4. The van der Waals surface area contributed by atoms with Crippen LogP contribution in [0.25, 0.3) is 0 Å². The summed E-state index contributed by atoms with van der Waals surface area (Å²) in [6.07, 6.45) is 1.54. The Balaban J connectivity index is 2.39. The average molecular weight is 303 g/mol. The monoisotopic (exact) mass is 302 g/mol. The van der Waals surface area contributed by atoms with E-state index < -0.39 is 0 Å². The molecular formula is C13H19ClN2O2S. The number of rotatable bonds is 8. The molecule has 0 spiro atoms. The fourth-order valence-electron chi connectivity index (χ4n) is 1.47. The van der Waals surface area contributed by atoms with Crippen molar-refractivity contribution in [2.24, 2.45) is 0 Å². The molecule has 0 aliphatic rings. The van der Waals surface area contributed by atoms with Crippen molar-refractivity contribution in [2.75, 3.05) is 24.7 Å². The number of halogens is 1. The molecule has 1 aromatic rings. The van der Waals surface area contributed by atoms with Crippen molar-refractivity contribution in [2.45, 2.75) is 19.8 Å². The first kappa shape index (κ1) is 16.3. The van der Waals surface area contributed by atoms with Crippen molar-refractivity contribution in [1.82, 2.24) is 10.3 Å². The van der Waals surface area contributed by atoms with E-state index in [1.54, 1.807) is 23.9 Å². The molecule has 4 nitrogen and oxygen atoms in total. The number of aliphatic hydroxyl groups excluding tert-OH is 1. The number of carbonyl (C=O) groups is 1. The van der Waals surface area contributed by atoms with Gasteiger partial charge < -0.3 is 10.4 Å². The Morgan fingerprint density at radius 3 is 2.95 bits per heavy atom. The second-order valence-electron chi connectivity index (χ2n) is 3.97. The van der Waals surface area contributed by atoms with E-state index in [9.17, 15) is 4.79 Å². The SMILES string of the molecule is CCc1cc(C(=O)NCCSCCCO)cc(Cl)n1. The zero-order valence-corrected chi connectivity index (χ0v) is 12.6. The molecule has 0 unspecified atom stereocenters. The van der Waals surface area contributed by atoms with E-state index >= 15 is 0 Å². The molecule has 0 aromatic carbocycles.